The average Bonchev–Trinajstić information content (AvgIpc) is 2.42. The van der Waals surface area contributed by atoms with Crippen molar-refractivity contribution in [3.63, 3.8) is 0 Å². The second kappa shape index (κ2) is 5.77. The number of hydrogen-bond acceptors (Lipinski definition) is 2. The molecule has 4 fully saturated rings. The van der Waals surface area contributed by atoms with Crippen LogP contribution in [0, 0.1) is 36.0 Å². The summed E-state index contributed by atoms with van der Waals surface area (Å²) in [6.07, 6.45) is 12.3. The minimum absolute atomic E-state index is 0.0820. The Morgan fingerprint density at radius 2 is 1.80 bits per heavy atom. The molecule has 0 aromatic heterocycles. The topological polar surface area (TPSA) is 32.3 Å². The van der Waals surface area contributed by atoms with Crippen molar-refractivity contribution >= 4 is 5.91 Å². The molecule has 3 nitrogen and oxygen atoms in total. The smallest absolute Gasteiger partial charge is 0.234 e. The number of terminal acetylenes is 1. The Labute approximate surface area is 122 Å². The van der Waals surface area contributed by atoms with Crippen LogP contribution >= 0.6 is 0 Å². The first-order valence-corrected chi connectivity index (χ1v) is 8.15. The fourth-order valence-corrected chi connectivity index (χ4v) is 5.31. The van der Waals surface area contributed by atoms with Gasteiger partial charge in [-0.2, -0.15) is 0 Å². The highest BCUT2D eigenvalue weighted by Crippen LogP contribution is 2.55. The molecule has 4 saturated carbocycles. The van der Waals surface area contributed by atoms with Crippen LogP contribution in [0.25, 0.3) is 0 Å². The molecule has 1 N–H and O–H groups in total. The van der Waals surface area contributed by atoms with E-state index in [0.717, 1.165) is 30.2 Å². The van der Waals surface area contributed by atoms with E-state index in [1.807, 2.05) is 0 Å². The van der Waals surface area contributed by atoms with Gasteiger partial charge in [-0.15, -0.1) is 6.42 Å². The Kier molecular flexibility index (Phi) is 4.03. The van der Waals surface area contributed by atoms with E-state index < -0.39 is 0 Å². The molecule has 4 aliphatic rings. The number of rotatable bonds is 5. The maximum Gasteiger partial charge on any atom is 0.234 e. The van der Waals surface area contributed by atoms with E-state index in [1.54, 1.807) is 0 Å². The van der Waals surface area contributed by atoms with E-state index in [9.17, 15) is 4.79 Å². The third kappa shape index (κ3) is 2.59. The third-order valence-electron chi connectivity index (χ3n) is 5.74. The molecule has 0 heterocycles. The normalized spacial score (nSPS) is 38.0. The average molecular weight is 274 g/mol. The number of nitrogens with one attached hydrogen (secondary N) is 1. The molecule has 1 amide bonds. The van der Waals surface area contributed by atoms with E-state index in [0.29, 0.717) is 19.1 Å². The molecule has 0 atom stereocenters. The van der Waals surface area contributed by atoms with Crippen molar-refractivity contribution in [1.82, 2.24) is 10.2 Å². The summed E-state index contributed by atoms with van der Waals surface area (Å²) < 4.78 is 0. The Hall–Kier alpha value is -1.01. The molecule has 20 heavy (non-hydrogen) atoms. The van der Waals surface area contributed by atoms with Gasteiger partial charge in [0, 0.05) is 6.04 Å². The lowest BCUT2D eigenvalue weighted by Gasteiger charge is -2.57. The van der Waals surface area contributed by atoms with Crippen LogP contribution in [0.5, 0.6) is 0 Å². The molecule has 0 aromatic carbocycles. The highest BCUT2D eigenvalue weighted by molar-refractivity contribution is 5.78. The minimum atomic E-state index is 0.0820. The Balaban J connectivity index is 1.64. The predicted octanol–water partition coefficient (Wildman–Crippen LogP) is 1.88. The van der Waals surface area contributed by atoms with Crippen LogP contribution in [-0.2, 0) is 4.79 Å². The molecule has 110 valence electrons. The first kappa shape index (κ1) is 13.9. The van der Waals surface area contributed by atoms with Crippen LogP contribution < -0.4 is 5.32 Å². The third-order valence-corrected chi connectivity index (χ3v) is 5.74. The largest absolute Gasteiger partial charge is 0.344 e. The summed E-state index contributed by atoms with van der Waals surface area (Å²) in [6.45, 7) is 4.01. The van der Waals surface area contributed by atoms with Crippen molar-refractivity contribution in [2.75, 3.05) is 19.6 Å². The van der Waals surface area contributed by atoms with Gasteiger partial charge in [0.15, 0.2) is 0 Å². The van der Waals surface area contributed by atoms with E-state index in [-0.39, 0.29) is 5.91 Å². The molecule has 0 spiro atoms. The number of carbonyl (C=O) groups is 1. The van der Waals surface area contributed by atoms with Gasteiger partial charge >= 0.3 is 0 Å². The molecule has 3 heteroatoms. The monoisotopic (exact) mass is 274 g/mol. The Morgan fingerprint density at radius 1 is 1.20 bits per heavy atom. The van der Waals surface area contributed by atoms with Gasteiger partial charge in [0.1, 0.15) is 0 Å². The van der Waals surface area contributed by atoms with Gasteiger partial charge in [-0.25, -0.2) is 0 Å². The maximum absolute atomic E-state index is 12.0. The quantitative estimate of drug-likeness (QED) is 0.776. The van der Waals surface area contributed by atoms with Crippen molar-refractivity contribution in [3.05, 3.63) is 0 Å². The van der Waals surface area contributed by atoms with Crippen molar-refractivity contribution in [2.24, 2.45) is 23.7 Å². The fraction of sp³-hybridized carbons (Fsp3) is 0.824. The summed E-state index contributed by atoms with van der Waals surface area (Å²) in [6, 6.07) is 0.643. The summed E-state index contributed by atoms with van der Waals surface area (Å²) in [5.74, 6) is 6.21. The van der Waals surface area contributed by atoms with Gasteiger partial charge in [0.2, 0.25) is 5.91 Å². The van der Waals surface area contributed by atoms with Crippen molar-refractivity contribution < 1.29 is 4.79 Å². The van der Waals surface area contributed by atoms with Crippen LogP contribution in [0.1, 0.15) is 39.0 Å². The molecule has 4 aliphatic carbocycles. The van der Waals surface area contributed by atoms with Gasteiger partial charge in [-0.3, -0.25) is 9.69 Å². The van der Waals surface area contributed by atoms with Gasteiger partial charge in [0.25, 0.3) is 0 Å². The molecule has 0 saturated heterocycles. The summed E-state index contributed by atoms with van der Waals surface area (Å²) in [7, 11) is 0. The van der Waals surface area contributed by atoms with Crippen molar-refractivity contribution in [1.29, 1.82) is 0 Å². The zero-order chi connectivity index (χ0) is 14.1. The molecular weight excluding hydrogens is 248 g/mol. The zero-order valence-corrected chi connectivity index (χ0v) is 12.5. The Morgan fingerprint density at radius 3 is 2.30 bits per heavy atom. The SMILES string of the molecule is C#CCNC(=O)CN(CC)C1C2CC3CC(C2)CC1C3. The number of carbonyl (C=O) groups excluding carboxylic acids is 1. The highest BCUT2D eigenvalue weighted by atomic mass is 16.2. The van der Waals surface area contributed by atoms with Crippen LogP contribution in [0.2, 0.25) is 0 Å². The standard InChI is InChI=1S/C17H26N2O/c1-3-5-18-16(20)11-19(4-2)17-14-7-12-6-13(9-14)10-15(17)8-12/h1,12-15,17H,4-11H2,2H3,(H,18,20). The second-order valence-corrected chi connectivity index (χ2v) is 6.97. The molecule has 0 aromatic rings. The lowest BCUT2D eigenvalue weighted by Crippen LogP contribution is -2.57. The van der Waals surface area contributed by atoms with Crippen LogP contribution in [0.4, 0.5) is 0 Å². The number of likely N-dealkylation sites (N-methyl/N-ethyl adjacent to an activating group) is 1. The van der Waals surface area contributed by atoms with Gasteiger partial charge < -0.3 is 5.32 Å². The van der Waals surface area contributed by atoms with Gasteiger partial charge in [0.05, 0.1) is 13.1 Å². The first-order valence-electron chi connectivity index (χ1n) is 8.15. The maximum atomic E-state index is 12.0. The van der Waals surface area contributed by atoms with Crippen LogP contribution in [-0.4, -0.2) is 36.5 Å². The van der Waals surface area contributed by atoms with Crippen molar-refractivity contribution in [3.8, 4) is 12.3 Å². The van der Waals surface area contributed by atoms with Crippen molar-refractivity contribution in [2.45, 2.75) is 45.1 Å². The fourth-order valence-electron chi connectivity index (χ4n) is 5.31. The molecule has 0 unspecified atom stereocenters. The van der Waals surface area contributed by atoms with E-state index in [2.05, 4.69) is 23.1 Å². The van der Waals surface area contributed by atoms with E-state index in [1.165, 1.54) is 32.1 Å². The lowest BCUT2D eigenvalue weighted by atomic mass is 9.54. The van der Waals surface area contributed by atoms with E-state index >= 15 is 0 Å². The molecule has 4 bridgehead atoms. The molecule has 0 aliphatic heterocycles. The molecule has 4 rings (SSSR count). The van der Waals surface area contributed by atoms with E-state index in [4.69, 9.17) is 6.42 Å². The summed E-state index contributed by atoms with van der Waals surface area (Å²) in [5, 5.41) is 2.80. The summed E-state index contributed by atoms with van der Waals surface area (Å²) >= 11 is 0. The summed E-state index contributed by atoms with van der Waals surface area (Å²) in [5.41, 5.74) is 0. The van der Waals surface area contributed by atoms with Crippen LogP contribution in [0.15, 0.2) is 0 Å². The highest BCUT2D eigenvalue weighted by Gasteiger charge is 2.49. The predicted molar refractivity (Wildman–Crippen MR) is 79.9 cm³/mol. The summed E-state index contributed by atoms with van der Waals surface area (Å²) in [4.78, 5) is 14.4. The minimum Gasteiger partial charge on any atom is -0.344 e. The Bertz CT molecular complexity index is 384. The molecule has 0 radical (unpaired) electrons. The molecular formula is C17H26N2O. The van der Waals surface area contributed by atoms with Crippen LogP contribution in [0.3, 0.4) is 0 Å². The zero-order valence-electron chi connectivity index (χ0n) is 12.5. The second-order valence-electron chi connectivity index (χ2n) is 6.97. The number of amides is 1. The lowest BCUT2D eigenvalue weighted by molar-refractivity contribution is -0.125. The van der Waals surface area contributed by atoms with Gasteiger partial charge in [-0.05, 0) is 62.3 Å². The van der Waals surface area contributed by atoms with Gasteiger partial charge in [-0.1, -0.05) is 12.8 Å². The first-order chi connectivity index (χ1) is 9.71. The number of hydrogen-bond donors (Lipinski definition) is 1. The number of nitrogens with zero attached hydrogens (tertiary/aromatic N) is 1.